The van der Waals surface area contributed by atoms with Crippen molar-refractivity contribution in [2.75, 3.05) is 5.32 Å². The zero-order valence-corrected chi connectivity index (χ0v) is 11.3. The molecule has 1 aromatic heterocycles. The summed E-state index contributed by atoms with van der Waals surface area (Å²) >= 11 is 0. The summed E-state index contributed by atoms with van der Waals surface area (Å²) in [4.78, 5) is 15.5. The van der Waals surface area contributed by atoms with Gasteiger partial charge in [-0.2, -0.15) is 0 Å². The van der Waals surface area contributed by atoms with Crippen LogP contribution < -0.4 is 5.32 Å². The number of pyridine rings is 1. The maximum atomic E-state index is 11.3. The van der Waals surface area contributed by atoms with E-state index in [0.717, 1.165) is 10.9 Å². The molecule has 2 aromatic rings. The number of anilines is 1. The number of fused-ring (bicyclic) bond motifs is 1. The monoisotopic (exact) mass is 258 g/mol. The van der Waals surface area contributed by atoms with Gasteiger partial charge in [0, 0.05) is 17.6 Å². The van der Waals surface area contributed by atoms with Crippen LogP contribution in [-0.2, 0) is 0 Å². The Bertz CT molecular complexity index is 608. The number of nitrogens with zero attached hydrogens (tertiary/aromatic N) is 1. The van der Waals surface area contributed by atoms with Crippen LogP contribution in [0.3, 0.4) is 0 Å². The lowest BCUT2D eigenvalue weighted by Crippen LogP contribution is -2.23. The third-order valence-corrected chi connectivity index (χ3v) is 3.38. The Balaban J connectivity index is 2.59. The number of carboxylic acids is 1. The van der Waals surface area contributed by atoms with Crippen molar-refractivity contribution in [3.05, 3.63) is 36.0 Å². The van der Waals surface area contributed by atoms with Gasteiger partial charge >= 0.3 is 5.97 Å². The average Bonchev–Trinajstić information content (AvgIpc) is 2.38. The molecule has 0 saturated carbocycles. The van der Waals surface area contributed by atoms with Crippen molar-refractivity contribution < 1.29 is 9.90 Å². The zero-order chi connectivity index (χ0) is 14.0. The Morgan fingerprint density at radius 3 is 2.58 bits per heavy atom. The number of aromatic carboxylic acids is 1. The van der Waals surface area contributed by atoms with E-state index in [1.807, 2.05) is 31.2 Å². The molecule has 0 spiro atoms. The Morgan fingerprint density at radius 1 is 1.26 bits per heavy atom. The van der Waals surface area contributed by atoms with Crippen LogP contribution in [-0.4, -0.2) is 22.1 Å². The number of hydrogen-bond donors (Lipinski definition) is 2. The molecular weight excluding hydrogens is 240 g/mol. The number of benzene rings is 1. The normalized spacial score (nSPS) is 12.6. The van der Waals surface area contributed by atoms with Gasteiger partial charge in [0.1, 0.15) is 5.56 Å². The maximum Gasteiger partial charge on any atom is 0.339 e. The van der Waals surface area contributed by atoms with E-state index in [2.05, 4.69) is 24.1 Å². The minimum atomic E-state index is -0.961. The molecule has 0 radical (unpaired) electrons. The van der Waals surface area contributed by atoms with E-state index in [1.54, 1.807) is 0 Å². The Hall–Kier alpha value is -2.10. The van der Waals surface area contributed by atoms with Gasteiger partial charge in [0.25, 0.3) is 0 Å². The fraction of sp³-hybridized carbons (Fsp3) is 0.333. The second-order valence-corrected chi connectivity index (χ2v) is 5.05. The van der Waals surface area contributed by atoms with Gasteiger partial charge in [-0.3, -0.25) is 4.98 Å². The molecule has 1 unspecified atom stereocenters. The summed E-state index contributed by atoms with van der Waals surface area (Å²) < 4.78 is 0. The third-order valence-electron chi connectivity index (χ3n) is 3.38. The molecule has 1 aromatic carbocycles. The maximum absolute atomic E-state index is 11.3. The Labute approximate surface area is 112 Å². The van der Waals surface area contributed by atoms with Crippen LogP contribution in [0.4, 0.5) is 5.69 Å². The van der Waals surface area contributed by atoms with Crippen molar-refractivity contribution in [1.29, 1.82) is 0 Å². The van der Waals surface area contributed by atoms with Crippen molar-refractivity contribution in [2.24, 2.45) is 5.92 Å². The molecule has 0 aliphatic rings. The number of para-hydroxylation sites is 1. The summed E-state index contributed by atoms with van der Waals surface area (Å²) in [5, 5.41) is 13.5. The van der Waals surface area contributed by atoms with E-state index in [1.165, 1.54) is 6.20 Å². The molecule has 1 atom stereocenters. The number of carboxylic acid groups (broad SMARTS) is 1. The predicted octanol–water partition coefficient (Wildman–Crippen LogP) is 3.39. The molecule has 0 bridgehead atoms. The van der Waals surface area contributed by atoms with Crippen molar-refractivity contribution >= 4 is 22.6 Å². The van der Waals surface area contributed by atoms with Crippen molar-refractivity contribution in [1.82, 2.24) is 4.98 Å². The van der Waals surface area contributed by atoms with Gasteiger partial charge in [-0.25, -0.2) is 4.79 Å². The zero-order valence-electron chi connectivity index (χ0n) is 11.3. The van der Waals surface area contributed by atoms with E-state index in [4.69, 9.17) is 0 Å². The highest BCUT2D eigenvalue weighted by molar-refractivity contribution is 6.04. The van der Waals surface area contributed by atoms with Gasteiger partial charge in [-0.1, -0.05) is 32.0 Å². The van der Waals surface area contributed by atoms with Crippen LogP contribution in [0.15, 0.2) is 30.5 Å². The number of nitrogens with one attached hydrogen (secondary N) is 1. The second kappa shape index (κ2) is 5.26. The quantitative estimate of drug-likeness (QED) is 0.882. The van der Waals surface area contributed by atoms with Crippen molar-refractivity contribution in [2.45, 2.75) is 26.8 Å². The molecule has 0 amide bonds. The molecule has 0 fully saturated rings. The van der Waals surface area contributed by atoms with Gasteiger partial charge in [0.05, 0.1) is 11.2 Å². The highest BCUT2D eigenvalue weighted by atomic mass is 16.4. The van der Waals surface area contributed by atoms with Gasteiger partial charge in [-0.15, -0.1) is 0 Å². The largest absolute Gasteiger partial charge is 0.478 e. The second-order valence-electron chi connectivity index (χ2n) is 5.05. The fourth-order valence-corrected chi connectivity index (χ4v) is 1.85. The molecule has 100 valence electrons. The first kappa shape index (κ1) is 13.3. The standard InChI is InChI=1S/C15H18N2O2/c1-9(2)10(3)17-14-11-6-4-5-7-13(11)16-8-12(14)15(18)19/h4-10H,1-3H3,(H,16,17)(H,18,19). The van der Waals surface area contributed by atoms with Crippen molar-refractivity contribution in [3.8, 4) is 0 Å². The molecule has 0 saturated heterocycles. The first-order chi connectivity index (χ1) is 9.00. The van der Waals surface area contributed by atoms with Crippen LogP contribution in [0, 0.1) is 5.92 Å². The molecule has 19 heavy (non-hydrogen) atoms. The molecule has 2 N–H and O–H groups in total. The molecule has 2 rings (SSSR count). The number of hydrogen-bond acceptors (Lipinski definition) is 3. The Kier molecular flexibility index (Phi) is 3.69. The molecule has 0 aliphatic carbocycles. The summed E-state index contributed by atoms with van der Waals surface area (Å²) in [7, 11) is 0. The van der Waals surface area contributed by atoms with E-state index in [-0.39, 0.29) is 11.6 Å². The highest BCUT2D eigenvalue weighted by Gasteiger charge is 2.17. The van der Waals surface area contributed by atoms with Gasteiger partial charge < -0.3 is 10.4 Å². The molecule has 4 nitrogen and oxygen atoms in total. The number of rotatable bonds is 4. The highest BCUT2D eigenvalue weighted by Crippen LogP contribution is 2.27. The number of carbonyl (C=O) groups is 1. The SMILES string of the molecule is CC(C)C(C)Nc1c(C(=O)O)cnc2ccccc12. The first-order valence-corrected chi connectivity index (χ1v) is 6.38. The smallest absolute Gasteiger partial charge is 0.339 e. The summed E-state index contributed by atoms with van der Waals surface area (Å²) in [5.41, 5.74) is 1.66. The predicted molar refractivity (Wildman–Crippen MR) is 76.6 cm³/mol. The molecule has 0 aliphatic heterocycles. The van der Waals surface area contributed by atoms with E-state index >= 15 is 0 Å². The minimum Gasteiger partial charge on any atom is -0.478 e. The van der Waals surface area contributed by atoms with Gasteiger partial charge in [0.15, 0.2) is 0 Å². The summed E-state index contributed by atoms with van der Waals surface area (Å²) in [5.74, 6) is -0.551. The van der Waals surface area contributed by atoms with Gasteiger partial charge in [0.2, 0.25) is 0 Å². The minimum absolute atomic E-state index is 0.184. The summed E-state index contributed by atoms with van der Waals surface area (Å²) in [6, 6.07) is 7.74. The Morgan fingerprint density at radius 2 is 1.95 bits per heavy atom. The van der Waals surface area contributed by atoms with E-state index < -0.39 is 5.97 Å². The number of aromatic nitrogens is 1. The summed E-state index contributed by atoms with van der Waals surface area (Å²) in [6.07, 6.45) is 1.42. The average molecular weight is 258 g/mol. The van der Waals surface area contributed by atoms with Crippen LogP contribution >= 0.6 is 0 Å². The lowest BCUT2D eigenvalue weighted by Gasteiger charge is -2.21. The molecule has 1 heterocycles. The van der Waals surface area contributed by atoms with Crippen LogP contribution in [0.5, 0.6) is 0 Å². The first-order valence-electron chi connectivity index (χ1n) is 6.38. The van der Waals surface area contributed by atoms with E-state index in [0.29, 0.717) is 11.6 Å². The van der Waals surface area contributed by atoms with Gasteiger partial charge in [-0.05, 0) is 18.9 Å². The topological polar surface area (TPSA) is 62.2 Å². The van der Waals surface area contributed by atoms with E-state index in [9.17, 15) is 9.90 Å². The molecule has 4 heteroatoms. The summed E-state index contributed by atoms with van der Waals surface area (Å²) in [6.45, 7) is 6.24. The molecular formula is C15H18N2O2. The fourth-order valence-electron chi connectivity index (χ4n) is 1.85. The lowest BCUT2D eigenvalue weighted by atomic mass is 10.0. The third kappa shape index (κ3) is 2.67. The van der Waals surface area contributed by atoms with Crippen LogP contribution in [0.1, 0.15) is 31.1 Å². The van der Waals surface area contributed by atoms with Crippen molar-refractivity contribution in [3.63, 3.8) is 0 Å². The lowest BCUT2D eigenvalue weighted by molar-refractivity contribution is 0.0697. The van der Waals surface area contributed by atoms with Crippen LogP contribution in [0.25, 0.3) is 10.9 Å². The van der Waals surface area contributed by atoms with Crippen LogP contribution in [0.2, 0.25) is 0 Å².